The predicted octanol–water partition coefficient (Wildman–Crippen LogP) is 6.53. The molecule has 10 heteroatoms. The number of nitrogens with one attached hydrogen (secondary N) is 1. The number of amides is 2. The van der Waals surface area contributed by atoms with Gasteiger partial charge in [0.1, 0.15) is 0 Å². The minimum Gasteiger partial charge on any atom is -0.326 e. The first kappa shape index (κ1) is 29.3. The highest BCUT2D eigenvalue weighted by Crippen LogP contribution is 2.43. The lowest BCUT2D eigenvalue weighted by molar-refractivity contribution is -0.137. The van der Waals surface area contributed by atoms with Gasteiger partial charge in [-0.05, 0) is 68.2 Å². The van der Waals surface area contributed by atoms with Crippen molar-refractivity contribution in [2.75, 3.05) is 30.8 Å². The molecule has 2 amide bonds. The Morgan fingerprint density at radius 1 is 1.08 bits per heavy atom. The van der Waals surface area contributed by atoms with Gasteiger partial charge in [-0.3, -0.25) is 9.69 Å². The Balaban J connectivity index is 0.000000505. The summed E-state index contributed by atoms with van der Waals surface area (Å²) >= 11 is 1.38. The number of allylic oxidation sites excluding steroid dienone is 1. The average Bonchev–Trinajstić information content (AvgIpc) is 3.29. The van der Waals surface area contributed by atoms with Crippen LogP contribution in [0.15, 0.2) is 58.6 Å². The number of halogens is 3. The molecule has 0 fully saturated rings. The van der Waals surface area contributed by atoms with Gasteiger partial charge in [0.15, 0.2) is 5.78 Å². The molecule has 2 aliphatic rings. The van der Waals surface area contributed by atoms with Gasteiger partial charge in [0.2, 0.25) is 0 Å². The Morgan fingerprint density at radius 2 is 1.76 bits per heavy atom. The number of benzene rings is 2. The summed E-state index contributed by atoms with van der Waals surface area (Å²) in [5, 5.41) is 11.9. The molecular weight excluding hydrogens is 513 g/mol. The maximum Gasteiger partial charge on any atom is 0.416 e. The zero-order chi connectivity index (χ0) is 28.0. The highest BCUT2D eigenvalue weighted by Gasteiger charge is 2.42. The van der Waals surface area contributed by atoms with Crippen LogP contribution in [0.4, 0.5) is 23.7 Å². The third kappa shape index (κ3) is 6.22. The van der Waals surface area contributed by atoms with Crippen LogP contribution < -0.4 is 10.2 Å². The van der Waals surface area contributed by atoms with Gasteiger partial charge in [0.05, 0.1) is 28.9 Å². The SMILES string of the molecule is CCN(CC)CC.CSc1cc(C#N)ccc1C1NC(=O)N(c2cccc(C(F)(F)F)c2)C2=C1C(=O)CC2. The summed E-state index contributed by atoms with van der Waals surface area (Å²) < 4.78 is 39.5. The van der Waals surface area contributed by atoms with Gasteiger partial charge < -0.3 is 10.2 Å². The molecule has 202 valence electrons. The van der Waals surface area contributed by atoms with E-state index >= 15 is 0 Å². The summed E-state index contributed by atoms with van der Waals surface area (Å²) in [7, 11) is 0. The van der Waals surface area contributed by atoms with Crippen LogP contribution in [0.2, 0.25) is 0 Å². The van der Waals surface area contributed by atoms with E-state index in [0.29, 0.717) is 22.4 Å². The summed E-state index contributed by atoms with van der Waals surface area (Å²) in [6, 6.07) is 10.2. The highest BCUT2D eigenvalue weighted by atomic mass is 32.2. The topological polar surface area (TPSA) is 76.4 Å². The van der Waals surface area contributed by atoms with Crippen LogP contribution in [0, 0.1) is 11.3 Å². The lowest BCUT2D eigenvalue weighted by atomic mass is 9.94. The molecule has 0 radical (unpaired) electrons. The Hall–Kier alpha value is -3.29. The molecule has 6 nitrogen and oxygen atoms in total. The molecule has 1 heterocycles. The number of rotatable bonds is 6. The standard InChI is InChI=1S/C22H16F3N3O2S.C6H15N/c1-31-18-9-12(11-26)5-6-15(18)20-19-16(7-8-17(19)29)28(21(30)27-20)14-4-2-3-13(10-14)22(23,24)25;1-4-7(5-2)6-3/h2-6,9-10,20H,7-8H2,1H3,(H,27,30);4-6H2,1-3H3. The monoisotopic (exact) mass is 544 g/mol. The number of nitrogens with zero attached hydrogens (tertiary/aromatic N) is 3. The number of Topliss-reactive ketones (excluding diaryl/α,β-unsaturated/α-hetero) is 1. The van der Waals surface area contributed by atoms with Gasteiger partial charge >= 0.3 is 12.2 Å². The lowest BCUT2D eigenvalue weighted by Crippen LogP contribution is -2.47. The van der Waals surface area contributed by atoms with Gasteiger partial charge in [0, 0.05) is 22.6 Å². The van der Waals surface area contributed by atoms with Crippen molar-refractivity contribution in [1.29, 1.82) is 5.26 Å². The smallest absolute Gasteiger partial charge is 0.326 e. The van der Waals surface area contributed by atoms with Crippen molar-refractivity contribution in [3.8, 4) is 6.07 Å². The van der Waals surface area contributed by atoms with Crippen LogP contribution in [0.3, 0.4) is 0 Å². The Kier molecular flexibility index (Phi) is 9.63. The second-order valence-electron chi connectivity index (χ2n) is 8.74. The molecule has 0 bridgehead atoms. The number of hydrogen-bond acceptors (Lipinski definition) is 5. The van der Waals surface area contributed by atoms with Crippen molar-refractivity contribution >= 4 is 29.3 Å². The molecule has 38 heavy (non-hydrogen) atoms. The lowest BCUT2D eigenvalue weighted by Gasteiger charge is -2.35. The van der Waals surface area contributed by atoms with E-state index in [-0.39, 0.29) is 24.3 Å². The van der Waals surface area contributed by atoms with Gasteiger partial charge in [-0.25, -0.2) is 4.79 Å². The van der Waals surface area contributed by atoms with Crippen LogP contribution in [-0.4, -0.2) is 42.6 Å². The zero-order valence-corrected chi connectivity index (χ0v) is 22.7. The summed E-state index contributed by atoms with van der Waals surface area (Å²) in [4.78, 5) is 30.1. The first-order valence-electron chi connectivity index (χ1n) is 12.4. The maximum absolute atomic E-state index is 13.2. The minimum absolute atomic E-state index is 0.0536. The largest absolute Gasteiger partial charge is 0.416 e. The number of thioether (sulfide) groups is 1. The van der Waals surface area contributed by atoms with E-state index in [9.17, 15) is 22.8 Å². The van der Waals surface area contributed by atoms with Crippen molar-refractivity contribution in [3.63, 3.8) is 0 Å². The zero-order valence-electron chi connectivity index (χ0n) is 21.9. The fourth-order valence-electron chi connectivity index (χ4n) is 4.62. The number of nitriles is 1. The molecule has 2 aromatic carbocycles. The Bertz CT molecular complexity index is 1260. The second-order valence-corrected chi connectivity index (χ2v) is 9.59. The molecule has 2 aromatic rings. The molecule has 1 aliphatic carbocycles. The summed E-state index contributed by atoms with van der Waals surface area (Å²) in [5.74, 6) is -0.159. The fourth-order valence-corrected chi connectivity index (χ4v) is 5.29. The van der Waals surface area contributed by atoms with E-state index in [2.05, 4.69) is 37.1 Å². The predicted molar refractivity (Wildman–Crippen MR) is 143 cm³/mol. The summed E-state index contributed by atoms with van der Waals surface area (Å²) in [6.45, 7) is 10.1. The van der Waals surface area contributed by atoms with Crippen molar-refractivity contribution in [2.45, 2.75) is 50.7 Å². The van der Waals surface area contributed by atoms with Gasteiger partial charge in [0.25, 0.3) is 0 Å². The molecule has 0 saturated heterocycles. The molecule has 1 N–H and O–H groups in total. The minimum atomic E-state index is -4.55. The maximum atomic E-state index is 13.2. The quantitative estimate of drug-likeness (QED) is 0.418. The first-order valence-corrected chi connectivity index (χ1v) is 13.7. The Labute approximate surface area is 225 Å². The normalized spacial score (nSPS) is 17.1. The fraction of sp³-hybridized carbons (Fsp3) is 0.393. The molecule has 0 aromatic heterocycles. The van der Waals surface area contributed by atoms with Crippen molar-refractivity contribution in [3.05, 3.63) is 70.4 Å². The number of urea groups is 1. The molecular formula is C28H31F3N4O2S. The van der Waals surface area contributed by atoms with Crippen LogP contribution in [0.25, 0.3) is 0 Å². The van der Waals surface area contributed by atoms with E-state index in [4.69, 9.17) is 5.26 Å². The number of ketones is 1. The number of carbonyl (C=O) groups excluding carboxylic acids is 2. The first-order chi connectivity index (χ1) is 18.1. The average molecular weight is 545 g/mol. The molecule has 1 aliphatic heterocycles. The number of alkyl halides is 3. The van der Waals surface area contributed by atoms with Crippen molar-refractivity contribution in [2.24, 2.45) is 0 Å². The third-order valence-corrected chi connectivity index (χ3v) is 7.47. The van der Waals surface area contributed by atoms with E-state index in [1.54, 1.807) is 18.2 Å². The third-order valence-electron chi connectivity index (χ3n) is 6.68. The number of carbonyl (C=O) groups is 2. The van der Waals surface area contributed by atoms with Gasteiger partial charge in [-0.2, -0.15) is 18.4 Å². The van der Waals surface area contributed by atoms with Crippen molar-refractivity contribution < 1.29 is 22.8 Å². The molecule has 1 unspecified atom stereocenters. The van der Waals surface area contributed by atoms with E-state index in [1.165, 1.54) is 43.5 Å². The number of anilines is 1. The van der Waals surface area contributed by atoms with Crippen LogP contribution >= 0.6 is 11.8 Å². The van der Waals surface area contributed by atoms with Crippen molar-refractivity contribution in [1.82, 2.24) is 10.2 Å². The van der Waals surface area contributed by atoms with E-state index < -0.39 is 23.8 Å². The van der Waals surface area contributed by atoms with E-state index in [0.717, 1.165) is 21.9 Å². The second kappa shape index (κ2) is 12.5. The van der Waals surface area contributed by atoms with E-state index in [1.807, 2.05) is 6.26 Å². The molecule has 0 spiro atoms. The molecule has 4 rings (SSSR count). The Morgan fingerprint density at radius 3 is 2.32 bits per heavy atom. The van der Waals surface area contributed by atoms with Crippen LogP contribution in [-0.2, 0) is 11.0 Å². The van der Waals surface area contributed by atoms with Crippen LogP contribution in [0.1, 0.15) is 56.3 Å². The highest BCUT2D eigenvalue weighted by molar-refractivity contribution is 7.98. The molecule has 0 saturated carbocycles. The summed E-state index contributed by atoms with van der Waals surface area (Å²) in [5.41, 5.74) is 1.09. The van der Waals surface area contributed by atoms with Gasteiger partial charge in [-0.1, -0.05) is 32.9 Å². The summed E-state index contributed by atoms with van der Waals surface area (Å²) in [6.07, 6.45) is -2.29. The molecule has 1 atom stereocenters. The van der Waals surface area contributed by atoms with Crippen LogP contribution in [0.5, 0.6) is 0 Å². The van der Waals surface area contributed by atoms with Gasteiger partial charge in [-0.15, -0.1) is 11.8 Å². The number of hydrogen-bond donors (Lipinski definition) is 1.